The molecule has 0 fully saturated rings. The van der Waals surface area contributed by atoms with Crippen molar-refractivity contribution in [3.8, 4) is 0 Å². The van der Waals surface area contributed by atoms with Crippen LogP contribution in [0, 0.1) is 0 Å². The van der Waals surface area contributed by atoms with Crippen molar-refractivity contribution < 1.29 is 0 Å². The third-order valence-electron chi connectivity index (χ3n) is 3.18. The van der Waals surface area contributed by atoms with Crippen molar-refractivity contribution in [1.82, 2.24) is 9.97 Å². The van der Waals surface area contributed by atoms with E-state index < -0.39 is 0 Å². The summed E-state index contributed by atoms with van der Waals surface area (Å²) in [6.07, 6.45) is 1.42. The quantitative estimate of drug-likeness (QED) is 0.507. The minimum atomic E-state index is 0.381. The van der Waals surface area contributed by atoms with Gasteiger partial charge in [0.25, 0.3) is 0 Å². The molecular formula is C16H12BrCl2N5. The standard InChI is InChI=1S/C16H12BrCl2N5/c17-9-1-4-11(5-2-9)23-15-14(20)16(22-8-21-15)24-13-6-3-10(18)7-12(13)19/h1-8H,20H2,(H2,21,22,23,24). The Labute approximate surface area is 157 Å². The fourth-order valence-corrected chi connectivity index (χ4v) is 2.70. The van der Waals surface area contributed by atoms with E-state index in [0.29, 0.717) is 33.1 Å². The maximum Gasteiger partial charge on any atom is 0.159 e. The molecule has 122 valence electrons. The molecule has 5 nitrogen and oxygen atoms in total. The first-order chi connectivity index (χ1) is 11.5. The average Bonchev–Trinajstić information content (AvgIpc) is 2.55. The molecule has 2 aromatic carbocycles. The van der Waals surface area contributed by atoms with E-state index in [1.54, 1.807) is 18.2 Å². The van der Waals surface area contributed by atoms with Crippen LogP contribution in [0.1, 0.15) is 0 Å². The Hall–Kier alpha value is -2.02. The van der Waals surface area contributed by atoms with Crippen molar-refractivity contribution in [3.63, 3.8) is 0 Å². The monoisotopic (exact) mass is 423 g/mol. The van der Waals surface area contributed by atoms with Crippen molar-refractivity contribution in [3.05, 3.63) is 63.3 Å². The highest BCUT2D eigenvalue weighted by molar-refractivity contribution is 9.10. The second-order valence-corrected chi connectivity index (χ2v) is 6.62. The molecule has 1 aromatic heterocycles. The van der Waals surface area contributed by atoms with Crippen molar-refractivity contribution in [2.45, 2.75) is 0 Å². The van der Waals surface area contributed by atoms with Crippen LogP contribution in [0.4, 0.5) is 28.7 Å². The molecule has 0 aliphatic heterocycles. The minimum absolute atomic E-state index is 0.381. The largest absolute Gasteiger partial charge is 0.393 e. The molecule has 4 N–H and O–H groups in total. The van der Waals surface area contributed by atoms with Gasteiger partial charge in [0.15, 0.2) is 11.6 Å². The van der Waals surface area contributed by atoms with Crippen molar-refractivity contribution in [2.24, 2.45) is 0 Å². The summed E-state index contributed by atoms with van der Waals surface area (Å²) in [5.41, 5.74) is 8.06. The van der Waals surface area contributed by atoms with E-state index in [1.165, 1.54) is 6.33 Å². The van der Waals surface area contributed by atoms with Crippen molar-refractivity contribution in [1.29, 1.82) is 0 Å². The highest BCUT2D eigenvalue weighted by Gasteiger charge is 2.10. The van der Waals surface area contributed by atoms with E-state index in [4.69, 9.17) is 28.9 Å². The lowest BCUT2D eigenvalue weighted by atomic mass is 10.3. The summed E-state index contributed by atoms with van der Waals surface area (Å²) in [6.45, 7) is 0. The van der Waals surface area contributed by atoms with E-state index in [-0.39, 0.29) is 0 Å². The molecule has 0 amide bonds. The van der Waals surface area contributed by atoms with Crippen LogP contribution in [-0.4, -0.2) is 9.97 Å². The average molecular weight is 425 g/mol. The van der Waals surface area contributed by atoms with Gasteiger partial charge in [0.05, 0.1) is 10.7 Å². The molecule has 0 unspecified atom stereocenters. The van der Waals surface area contributed by atoms with Crippen LogP contribution < -0.4 is 16.4 Å². The lowest BCUT2D eigenvalue weighted by Gasteiger charge is -2.13. The van der Waals surface area contributed by atoms with Gasteiger partial charge in [-0.15, -0.1) is 0 Å². The second kappa shape index (κ2) is 7.25. The van der Waals surface area contributed by atoms with Crippen LogP contribution in [0.15, 0.2) is 53.3 Å². The Balaban J connectivity index is 1.86. The molecule has 0 saturated heterocycles. The summed E-state index contributed by atoms with van der Waals surface area (Å²) >= 11 is 15.5. The van der Waals surface area contributed by atoms with Gasteiger partial charge < -0.3 is 16.4 Å². The number of nitrogens with one attached hydrogen (secondary N) is 2. The molecule has 0 aliphatic rings. The number of aromatic nitrogens is 2. The van der Waals surface area contributed by atoms with Crippen LogP contribution in [0.3, 0.4) is 0 Å². The molecule has 8 heteroatoms. The molecule has 0 atom stereocenters. The zero-order chi connectivity index (χ0) is 17.1. The summed E-state index contributed by atoms with van der Waals surface area (Å²) in [4.78, 5) is 8.35. The molecule has 1 heterocycles. The summed E-state index contributed by atoms with van der Waals surface area (Å²) in [5.74, 6) is 0.953. The third kappa shape index (κ3) is 3.90. The number of hydrogen-bond donors (Lipinski definition) is 3. The highest BCUT2D eigenvalue weighted by Crippen LogP contribution is 2.32. The first kappa shape index (κ1) is 16.8. The van der Waals surface area contributed by atoms with Crippen LogP contribution in [0.5, 0.6) is 0 Å². The smallest absolute Gasteiger partial charge is 0.159 e. The topological polar surface area (TPSA) is 75.9 Å². The summed E-state index contributed by atoms with van der Waals surface area (Å²) in [6, 6.07) is 12.8. The third-order valence-corrected chi connectivity index (χ3v) is 4.25. The Morgan fingerprint density at radius 3 is 2.25 bits per heavy atom. The highest BCUT2D eigenvalue weighted by atomic mass is 79.9. The van der Waals surface area contributed by atoms with Crippen LogP contribution in [0.2, 0.25) is 10.0 Å². The first-order valence-electron chi connectivity index (χ1n) is 6.88. The van der Waals surface area contributed by atoms with Gasteiger partial charge in [-0.1, -0.05) is 39.1 Å². The maximum atomic E-state index is 6.16. The van der Waals surface area contributed by atoms with Crippen LogP contribution >= 0.6 is 39.1 Å². The minimum Gasteiger partial charge on any atom is -0.393 e. The zero-order valence-corrected chi connectivity index (χ0v) is 15.3. The molecular weight excluding hydrogens is 413 g/mol. The molecule has 24 heavy (non-hydrogen) atoms. The predicted octanol–water partition coefficient (Wildman–Crippen LogP) is 5.62. The molecule has 3 aromatic rings. The first-order valence-corrected chi connectivity index (χ1v) is 8.43. The van der Waals surface area contributed by atoms with Gasteiger partial charge >= 0.3 is 0 Å². The van der Waals surface area contributed by atoms with Crippen molar-refractivity contribution in [2.75, 3.05) is 16.4 Å². The number of nitrogens with two attached hydrogens (primary N) is 1. The van der Waals surface area contributed by atoms with Crippen LogP contribution in [0.25, 0.3) is 0 Å². The fraction of sp³-hybridized carbons (Fsp3) is 0. The van der Waals surface area contributed by atoms with E-state index in [1.807, 2.05) is 24.3 Å². The van der Waals surface area contributed by atoms with Gasteiger partial charge in [-0.3, -0.25) is 0 Å². The Kier molecular flexibility index (Phi) is 5.08. The lowest BCUT2D eigenvalue weighted by molar-refractivity contribution is 1.17. The molecule has 3 rings (SSSR count). The van der Waals surface area contributed by atoms with E-state index in [9.17, 15) is 0 Å². The van der Waals surface area contributed by atoms with E-state index in [2.05, 4.69) is 36.5 Å². The van der Waals surface area contributed by atoms with Gasteiger partial charge in [-0.05, 0) is 42.5 Å². The van der Waals surface area contributed by atoms with Crippen molar-refractivity contribution >= 4 is 67.8 Å². The summed E-state index contributed by atoms with van der Waals surface area (Å²) in [7, 11) is 0. The van der Waals surface area contributed by atoms with Gasteiger partial charge in [0.2, 0.25) is 0 Å². The van der Waals surface area contributed by atoms with E-state index >= 15 is 0 Å². The Morgan fingerprint density at radius 1 is 0.917 bits per heavy atom. The molecule has 0 bridgehead atoms. The van der Waals surface area contributed by atoms with Gasteiger partial charge in [-0.2, -0.15) is 0 Å². The number of hydrogen-bond acceptors (Lipinski definition) is 5. The molecule has 0 saturated carbocycles. The zero-order valence-electron chi connectivity index (χ0n) is 12.2. The Bertz CT molecular complexity index is 871. The van der Waals surface area contributed by atoms with Gasteiger partial charge in [0, 0.05) is 15.2 Å². The molecule has 0 spiro atoms. The molecule has 0 aliphatic carbocycles. The maximum absolute atomic E-state index is 6.16. The fourth-order valence-electron chi connectivity index (χ4n) is 1.98. The number of nitrogen functional groups attached to an aromatic ring is 1. The van der Waals surface area contributed by atoms with E-state index in [0.717, 1.165) is 10.2 Å². The second-order valence-electron chi connectivity index (χ2n) is 4.87. The van der Waals surface area contributed by atoms with Crippen LogP contribution in [-0.2, 0) is 0 Å². The summed E-state index contributed by atoms with van der Waals surface area (Å²) in [5, 5.41) is 7.28. The number of rotatable bonds is 4. The number of nitrogens with zero attached hydrogens (tertiary/aromatic N) is 2. The Morgan fingerprint density at radius 2 is 1.58 bits per heavy atom. The van der Waals surface area contributed by atoms with Gasteiger partial charge in [-0.25, -0.2) is 9.97 Å². The SMILES string of the molecule is Nc1c(Nc2ccc(Br)cc2)ncnc1Nc1ccc(Cl)cc1Cl. The normalized spacial score (nSPS) is 10.5. The molecule has 0 radical (unpaired) electrons. The predicted molar refractivity (Wildman–Crippen MR) is 104 cm³/mol. The number of halogens is 3. The lowest BCUT2D eigenvalue weighted by Crippen LogP contribution is -2.05. The number of anilines is 5. The number of benzene rings is 2. The van der Waals surface area contributed by atoms with Gasteiger partial charge in [0.1, 0.15) is 12.0 Å². The summed E-state index contributed by atoms with van der Waals surface area (Å²) < 4.78 is 0.989.